The molecule has 0 spiro atoms. The van der Waals surface area contributed by atoms with Crippen LogP contribution in [-0.4, -0.2) is 17.6 Å². The Hall–Kier alpha value is -2.66. The van der Waals surface area contributed by atoms with Crippen molar-refractivity contribution in [2.24, 2.45) is 4.99 Å². The summed E-state index contributed by atoms with van der Waals surface area (Å²) >= 11 is 1.53. The molecule has 0 aliphatic carbocycles. The number of rotatable bonds is 4. The Labute approximate surface area is 150 Å². The Morgan fingerprint density at radius 3 is 2.64 bits per heavy atom. The molecule has 3 aromatic rings. The smallest absolute Gasteiger partial charge is 0.279 e. The van der Waals surface area contributed by atoms with E-state index in [4.69, 9.17) is 4.74 Å². The van der Waals surface area contributed by atoms with Crippen LogP contribution in [0.15, 0.2) is 54.0 Å². The SMILES string of the molecule is C=CCn1c(=NC(=O)c2ccc(OC)cc2)sc2c(C)cc(C)cc21. The van der Waals surface area contributed by atoms with E-state index in [1.165, 1.54) is 22.5 Å². The van der Waals surface area contributed by atoms with Gasteiger partial charge in [0.25, 0.3) is 5.91 Å². The van der Waals surface area contributed by atoms with Gasteiger partial charge in [0.15, 0.2) is 4.80 Å². The molecule has 0 aliphatic rings. The topological polar surface area (TPSA) is 43.6 Å². The lowest BCUT2D eigenvalue weighted by atomic mass is 10.1. The fourth-order valence-electron chi connectivity index (χ4n) is 2.79. The normalized spacial score (nSPS) is 11.7. The first-order valence-electron chi connectivity index (χ1n) is 7.98. The van der Waals surface area contributed by atoms with Gasteiger partial charge in [-0.05, 0) is 55.3 Å². The second-order valence-corrected chi connectivity index (χ2v) is 6.84. The average Bonchev–Trinajstić information content (AvgIpc) is 2.93. The molecule has 0 unspecified atom stereocenters. The summed E-state index contributed by atoms with van der Waals surface area (Å²) in [5.74, 6) is 0.452. The highest BCUT2D eigenvalue weighted by Gasteiger charge is 2.11. The number of benzene rings is 2. The van der Waals surface area contributed by atoms with Crippen molar-refractivity contribution in [2.75, 3.05) is 7.11 Å². The van der Waals surface area contributed by atoms with Crippen molar-refractivity contribution in [1.82, 2.24) is 4.57 Å². The number of ether oxygens (including phenoxy) is 1. The average molecular weight is 352 g/mol. The van der Waals surface area contributed by atoms with Crippen molar-refractivity contribution in [2.45, 2.75) is 20.4 Å². The van der Waals surface area contributed by atoms with Crippen LogP contribution in [0.3, 0.4) is 0 Å². The minimum Gasteiger partial charge on any atom is -0.497 e. The number of aromatic nitrogens is 1. The van der Waals surface area contributed by atoms with Crippen LogP contribution in [0.25, 0.3) is 10.2 Å². The molecule has 0 saturated carbocycles. The maximum atomic E-state index is 12.6. The number of allylic oxidation sites excluding steroid dienone is 1. The molecule has 0 aliphatic heterocycles. The minimum absolute atomic E-state index is 0.263. The molecule has 0 radical (unpaired) electrons. The number of nitrogens with zero attached hydrogens (tertiary/aromatic N) is 2. The number of hydrogen-bond acceptors (Lipinski definition) is 3. The molecule has 0 fully saturated rings. The lowest BCUT2D eigenvalue weighted by molar-refractivity contribution is 0.0998. The van der Waals surface area contributed by atoms with Crippen LogP contribution >= 0.6 is 11.3 Å². The van der Waals surface area contributed by atoms with Gasteiger partial charge < -0.3 is 9.30 Å². The molecule has 1 aromatic heterocycles. The van der Waals surface area contributed by atoms with Crippen LogP contribution in [-0.2, 0) is 6.54 Å². The molecular weight excluding hydrogens is 332 g/mol. The zero-order chi connectivity index (χ0) is 18.0. The molecule has 0 N–H and O–H groups in total. The van der Waals surface area contributed by atoms with E-state index in [1.807, 2.05) is 10.6 Å². The van der Waals surface area contributed by atoms with Crippen molar-refractivity contribution >= 4 is 27.5 Å². The lowest BCUT2D eigenvalue weighted by Crippen LogP contribution is -2.16. The summed E-state index contributed by atoms with van der Waals surface area (Å²) in [6.45, 7) is 8.59. The highest BCUT2D eigenvalue weighted by Crippen LogP contribution is 2.23. The fourth-order valence-corrected chi connectivity index (χ4v) is 3.88. The summed E-state index contributed by atoms with van der Waals surface area (Å²) in [7, 11) is 1.60. The Bertz CT molecular complexity index is 1010. The second kappa shape index (κ2) is 7.07. The van der Waals surface area contributed by atoms with Crippen molar-refractivity contribution in [3.05, 3.63) is 70.5 Å². The van der Waals surface area contributed by atoms with Crippen molar-refractivity contribution in [3.8, 4) is 5.75 Å². The van der Waals surface area contributed by atoms with Crippen LogP contribution in [0, 0.1) is 13.8 Å². The first kappa shape index (κ1) is 17.2. The van der Waals surface area contributed by atoms with Gasteiger partial charge in [-0.15, -0.1) is 6.58 Å². The van der Waals surface area contributed by atoms with E-state index in [2.05, 4.69) is 37.6 Å². The van der Waals surface area contributed by atoms with E-state index in [1.54, 1.807) is 31.4 Å². The van der Waals surface area contributed by atoms with E-state index in [0.29, 0.717) is 22.7 Å². The van der Waals surface area contributed by atoms with Gasteiger partial charge in [-0.1, -0.05) is 23.5 Å². The number of hydrogen-bond donors (Lipinski definition) is 0. The van der Waals surface area contributed by atoms with Gasteiger partial charge in [0.1, 0.15) is 5.75 Å². The Balaban J connectivity index is 2.14. The third kappa shape index (κ3) is 3.42. The largest absolute Gasteiger partial charge is 0.497 e. The molecule has 0 saturated heterocycles. The van der Waals surface area contributed by atoms with Crippen LogP contribution in [0.4, 0.5) is 0 Å². The number of aryl methyl sites for hydroxylation is 2. The number of carbonyl (C=O) groups excluding carboxylic acids is 1. The highest BCUT2D eigenvalue weighted by molar-refractivity contribution is 7.16. The molecule has 2 aromatic carbocycles. The van der Waals surface area contributed by atoms with E-state index in [0.717, 1.165) is 10.2 Å². The molecule has 0 atom stereocenters. The molecule has 25 heavy (non-hydrogen) atoms. The van der Waals surface area contributed by atoms with Crippen LogP contribution in [0.2, 0.25) is 0 Å². The van der Waals surface area contributed by atoms with Gasteiger partial charge in [0.2, 0.25) is 0 Å². The van der Waals surface area contributed by atoms with Gasteiger partial charge in [-0.2, -0.15) is 4.99 Å². The maximum absolute atomic E-state index is 12.6. The van der Waals surface area contributed by atoms with Crippen molar-refractivity contribution in [3.63, 3.8) is 0 Å². The molecule has 1 amide bonds. The number of thiazole rings is 1. The first-order chi connectivity index (χ1) is 12.0. The molecular formula is C20H20N2O2S. The van der Waals surface area contributed by atoms with E-state index in [-0.39, 0.29) is 5.91 Å². The Morgan fingerprint density at radius 2 is 2.00 bits per heavy atom. The van der Waals surface area contributed by atoms with Gasteiger partial charge in [-0.25, -0.2) is 0 Å². The standard InChI is InChI=1S/C20H20N2O2S/c1-5-10-22-17-12-13(2)11-14(3)18(17)25-20(22)21-19(23)15-6-8-16(24-4)9-7-15/h5-9,11-12H,1,10H2,2-4H3. The summed E-state index contributed by atoms with van der Waals surface area (Å²) in [5, 5.41) is 0. The lowest BCUT2D eigenvalue weighted by Gasteiger charge is -2.03. The molecule has 4 nitrogen and oxygen atoms in total. The predicted octanol–water partition coefficient (Wildman–Crippen LogP) is 4.26. The summed E-state index contributed by atoms with van der Waals surface area (Å²) in [6, 6.07) is 11.2. The number of carbonyl (C=O) groups is 1. The molecule has 0 bridgehead atoms. The van der Waals surface area contributed by atoms with E-state index < -0.39 is 0 Å². The van der Waals surface area contributed by atoms with Crippen LogP contribution in [0.1, 0.15) is 21.5 Å². The van der Waals surface area contributed by atoms with Crippen molar-refractivity contribution < 1.29 is 9.53 Å². The van der Waals surface area contributed by atoms with Gasteiger partial charge in [0, 0.05) is 12.1 Å². The van der Waals surface area contributed by atoms with Gasteiger partial charge in [0.05, 0.1) is 17.3 Å². The van der Waals surface area contributed by atoms with Gasteiger partial charge >= 0.3 is 0 Å². The summed E-state index contributed by atoms with van der Waals surface area (Å²) < 4.78 is 8.31. The van der Waals surface area contributed by atoms with Crippen molar-refractivity contribution in [1.29, 1.82) is 0 Å². The van der Waals surface area contributed by atoms with E-state index >= 15 is 0 Å². The summed E-state index contributed by atoms with van der Waals surface area (Å²) in [4.78, 5) is 17.6. The highest BCUT2D eigenvalue weighted by atomic mass is 32.1. The summed E-state index contributed by atoms with van der Waals surface area (Å²) in [5.41, 5.74) is 4.00. The molecule has 3 rings (SSSR count). The number of methoxy groups -OCH3 is 1. The van der Waals surface area contributed by atoms with E-state index in [9.17, 15) is 4.79 Å². The molecule has 128 valence electrons. The predicted molar refractivity (Wildman–Crippen MR) is 102 cm³/mol. The quantitative estimate of drug-likeness (QED) is 0.659. The Kier molecular flexibility index (Phi) is 4.86. The monoisotopic (exact) mass is 352 g/mol. The number of fused-ring (bicyclic) bond motifs is 1. The minimum atomic E-state index is -0.263. The molecule has 5 heteroatoms. The van der Waals surface area contributed by atoms with Crippen LogP contribution < -0.4 is 9.54 Å². The third-order valence-corrected chi connectivity index (χ3v) is 5.19. The van der Waals surface area contributed by atoms with Gasteiger partial charge in [-0.3, -0.25) is 4.79 Å². The van der Waals surface area contributed by atoms with Crippen LogP contribution in [0.5, 0.6) is 5.75 Å². The zero-order valence-corrected chi connectivity index (χ0v) is 15.4. The third-order valence-electron chi connectivity index (χ3n) is 3.96. The molecule has 1 heterocycles. The Morgan fingerprint density at radius 1 is 1.28 bits per heavy atom. The first-order valence-corrected chi connectivity index (χ1v) is 8.79. The zero-order valence-electron chi connectivity index (χ0n) is 14.6. The maximum Gasteiger partial charge on any atom is 0.279 e. The second-order valence-electron chi connectivity index (χ2n) is 5.86. The number of amides is 1. The summed E-state index contributed by atoms with van der Waals surface area (Å²) in [6.07, 6.45) is 1.82. The fraction of sp³-hybridized carbons (Fsp3) is 0.200.